The van der Waals surface area contributed by atoms with Gasteiger partial charge in [-0.15, -0.1) is 0 Å². The average Bonchev–Trinajstić information content (AvgIpc) is 3.09. The maximum Gasteiger partial charge on any atom is 0.472 e. The molecule has 0 spiro atoms. The van der Waals surface area contributed by atoms with Crippen LogP contribution in [0.2, 0.25) is 0 Å². The highest BCUT2D eigenvalue weighted by atomic mass is 31.2. The Kier molecular flexibility index (Phi) is 35.5. The lowest BCUT2D eigenvalue weighted by molar-refractivity contribution is -0.124. The molecule has 0 aromatic heterocycles. The number of phosphoric acid groups is 1. The van der Waals surface area contributed by atoms with E-state index < -0.39 is 38.6 Å². The minimum atomic E-state index is -4.40. The minimum absolute atomic E-state index is 0.0459. The van der Waals surface area contributed by atoms with Gasteiger partial charge in [-0.3, -0.25) is 13.8 Å². The number of aliphatic hydroxyl groups excluding tert-OH is 2. The predicted octanol–water partition coefficient (Wildman–Crippen LogP) is 9.97. The van der Waals surface area contributed by atoms with Crippen LogP contribution in [0.25, 0.3) is 0 Å². The standard InChI is InChI=1S/C40H79N2O7P/c1-3-5-7-9-11-13-15-17-18-20-22-24-26-28-30-32-39(44)38(36-49-50(46,47)48-34-33-41)42-40(45)35-37(43)31-29-27-25-23-21-19-16-14-12-10-8-6-4-2/h22,24,30,32,37-39,43-44H,3-21,23,25-29,31,33-36,41H2,1-2H3,(H,42,45)(H,46,47)/b24-22+,32-30+. The van der Waals surface area contributed by atoms with Crippen LogP contribution in [0.15, 0.2) is 24.3 Å². The zero-order valence-corrected chi connectivity index (χ0v) is 33.1. The number of nitrogens with one attached hydrogen (secondary N) is 1. The fourth-order valence-electron chi connectivity index (χ4n) is 5.96. The summed E-state index contributed by atoms with van der Waals surface area (Å²) >= 11 is 0. The molecule has 296 valence electrons. The van der Waals surface area contributed by atoms with Gasteiger partial charge in [-0.05, 0) is 32.1 Å². The molecule has 0 heterocycles. The van der Waals surface area contributed by atoms with Gasteiger partial charge in [0.1, 0.15) is 0 Å². The molecule has 6 N–H and O–H groups in total. The second-order valence-corrected chi connectivity index (χ2v) is 15.5. The third-order valence-corrected chi connectivity index (χ3v) is 10.1. The monoisotopic (exact) mass is 731 g/mol. The first-order valence-electron chi connectivity index (χ1n) is 20.5. The van der Waals surface area contributed by atoms with Crippen molar-refractivity contribution >= 4 is 13.7 Å². The molecule has 4 unspecified atom stereocenters. The van der Waals surface area contributed by atoms with Crippen LogP contribution in [0.5, 0.6) is 0 Å². The number of allylic oxidation sites excluding steroid dienone is 3. The summed E-state index contributed by atoms with van der Waals surface area (Å²) in [5.74, 6) is -0.455. The van der Waals surface area contributed by atoms with Crippen molar-refractivity contribution in [2.45, 2.75) is 205 Å². The van der Waals surface area contributed by atoms with Crippen molar-refractivity contribution in [2.75, 3.05) is 19.8 Å². The third kappa shape index (κ3) is 34.0. The number of phosphoric ester groups is 1. The van der Waals surface area contributed by atoms with Gasteiger partial charge in [-0.1, -0.05) is 173 Å². The smallest absolute Gasteiger partial charge is 0.393 e. The minimum Gasteiger partial charge on any atom is -0.393 e. The van der Waals surface area contributed by atoms with Crippen LogP contribution in [0, 0.1) is 0 Å². The van der Waals surface area contributed by atoms with Crippen LogP contribution in [-0.4, -0.2) is 59.0 Å². The molecule has 0 saturated carbocycles. The molecule has 0 aliphatic heterocycles. The van der Waals surface area contributed by atoms with Crippen molar-refractivity contribution in [3.05, 3.63) is 24.3 Å². The summed E-state index contributed by atoms with van der Waals surface area (Å²) in [6.45, 7) is 3.94. The first-order chi connectivity index (χ1) is 24.3. The molecule has 0 rings (SSSR count). The van der Waals surface area contributed by atoms with Crippen molar-refractivity contribution < 1.29 is 33.5 Å². The van der Waals surface area contributed by atoms with E-state index >= 15 is 0 Å². The third-order valence-electron chi connectivity index (χ3n) is 9.08. The van der Waals surface area contributed by atoms with Crippen LogP contribution >= 0.6 is 7.82 Å². The van der Waals surface area contributed by atoms with E-state index in [0.717, 1.165) is 32.1 Å². The second kappa shape index (κ2) is 36.3. The van der Waals surface area contributed by atoms with Crippen molar-refractivity contribution in [2.24, 2.45) is 5.73 Å². The largest absolute Gasteiger partial charge is 0.472 e. The Balaban J connectivity index is 4.43. The van der Waals surface area contributed by atoms with Crippen LogP contribution < -0.4 is 11.1 Å². The lowest BCUT2D eigenvalue weighted by Gasteiger charge is -2.24. The normalized spacial score (nSPS) is 15.1. The van der Waals surface area contributed by atoms with Crippen LogP contribution in [0.4, 0.5) is 0 Å². The fraction of sp³-hybridized carbons (Fsp3) is 0.875. The van der Waals surface area contributed by atoms with Crippen LogP contribution in [-0.2, 0) is 18.4 Å². The molecule has 10 heteroatoms. The number of carbonyl (C=O) groups excluding carboxylic acids is 1. The van der Waals surface area contributed by atoms with E-state index in [9.17, 15) is 24.5 Å². The average molecular weight is 731 g/mol. The summed E-state index contributed by atoms with van der Waals surface area (Å²) in [4.78, 5) is 22.7. The molecule has 50 heavy (non-hydrogen) atoms. The molecule has 0 radical (unpaired) electrons. The Bertz CT molecular complexity index is 858. The first-order valence-corrected chi connectivity index (χ1v) is 22.0. The van der Waals surface area contributed by atoms with Gasteiger partial charge in [0.25, 0.3) is 0 Å². The van der Waals surface area contributed by atoms with Gasteiger partial charge in [0.2, 0.25) is 5.91 Å². The van der Waals surface area contributed by atoms with Crippen molar-refractivity contribution in [1.29, 1.82) is 0 Å². The van der Waals surface area contributed by atoms with Gasteiger partial charge in [0.05, 0.1) is 37.9 Å². The lowest BCUT2D eigenvalue weighted by Crippen LogP contribution is -2.46. The molecule has 0 aromatic carbocycles. The Labute approximate surface area is 307 Å². The van der Waals surface area contributed by atoms with E-state index in [2.05, 4.69) is 31.3 Å². The number of carbonyl (C=O) groups is 1. The number of rotatable bonds is 38. The maximum absolute atomic E-state index is 12.8. The Hall–Kier alpha value is -1.06. The Morgan fingerprint density at radius 2 is 1.14 bits per heavy atom. The zero-order valence-electron chi connectivity index (χ0n) is 32.3. The SMILES string of the molecule is CCCCCCCCCCC/C=C/CC/C=C/C(O)C(COP(=O)(O)OCCN)NC(=O)CC(O)CCCCCCCCCCCCCCC. The molecular weight excluding hydrogens is 651 g/mol. The van der Waals surface area contributed by atoms with Gasteiger partial charge in [-0.2, -0.15) is 0 Å². The van der Waals surface area contributed by atoms with E-state index in [-0.39, 0.29) is 19.6 Å². The molecule has 0 aliphatic rings. The van der Waals surface area contributed by atoms with Gasteiger partial charge in [0, 0.05) is 6.54 Å². The summed E-state index contributed by atoms with van der Waals surface area (Å²) in [7, 11) is -4.40. The highest BCUT2D eigenvalue weighted by molar-refractivity contribution is 7.47. The number of hydrogen-bond donors (Lipinski definition) is 5. The highest BCUT2D eigenvalue weighted by Gasteiger charge is 2.27. The first kappa shape index (κ1) is 48.9. The lowest BCUT2D eigenvalue weighted by atomic mass is 10.0. The van der Waals surface area contributed by atoms with Crippen LogP contribution in [0.1, 0.15) is 187 Å². The molecule has 0 aromatic rings. The van der Waals surface area contributed by atoms with Gasteiger partial charge in [0.15, 0.2) is 0 Å². The quantitative estimate of drug-likeness (QED) is 0.0239. The second-order valence-electron chi connectivity index (χ2n) is 14.0. The summed E-state index contributed by atoms with van der Waals surface area (Å²) in [6.07, 6.45) is 36.9. The van der Waals surface area contributed by atoms with Gasteiger partial charge >= 0.3 is 7.82 Å². The van der Waals surface area contributed by atoms with Crippen molar-refractivity contribution in [3.63, 3.8) is 0 Å². The Morgan fingerprint density at radius 1 is 0.680 bits per heavy atom. The maximum atomic E-state index is 12.8. The summed E-state index contributed by atoms with van der Waals surface area (Å²) in [5, 5.41) is 24.0. The number of hydrogen-bond acceptors (Lipinski definition) is 7. The summed E-state index contributed by atoms with van der Waals surface area (Å²) < 4.78 is 22.0. The number of nitrogens with two attached hydrogens (primary N) is 1. The molecule has 1 amide bonds. The molecule has 4 atom stereocenters. The highest BCUT2D eigenvalue weighted by Crippen LogP contribution is 2.43. The van der Waals surface area contributed by atoms with Gasteiger partial charge in [-0.25, -0.2) is 4.57 Å². The Morgan fingerprint density at radius 3 is 1.66 bits per heavy atom. The van der Waals surface area contributed by atoms with Gasteiger partial charge < -0.3 is 26.2 Å². The summed E-state index contributed by atoms with van der Waals surface area (Å²) in [6, 6.07) is -0.994. The molecule has 0 aliphatic carbocycles. The molecular formula is C40H79N2O7P. The van der Waals surface area contributed by atoms with E-state index in [0.29, 0.717) is 12.8 Å². The van der Waals surface area contributed by atoms with E-state index in [1.54, 1.807) is 6.08 Å². The van der Waals surface area contributed by atoms with Crippen LogP contribution in [0.3, 0.4) is 0 Å². The predicted molar refractivity (Wildman–Crippen MR) is 209 cm³/mol. The van der Waals surface area contributed by atoms with E-state index in [1.807, 2.05) is 6.08 Å². The molecule has 0 fully saturated rings. The van der Waals surface area contributed by atoms with Crippen molar-refractivity contribution in [3.8, 4) is 0 Å². The van der Waals surface area contributed by atoms with E-state index in [4.69, 9.17) is 14.8 Å². The summed E-state index contributed by atoms with van der Waals surface area (Å²) in [5.41, 5.74) is 5.35. The topological polar surface area (TPSA) is 151 Å². The molecule has 0 bridgehead atoms. The van der Waals surface area contributed by atoms with Crippen molar-refractivity contribution in [1.82, 2.24) is 5.32 Å². The van der Waals surface area contributed by atoms with E-state index in [1.165, 1.54) is 122 Å². The number of aliphatic hydroxyl groups is 2. The molecule has 0 saturated heterocycles. The zero-order chi connectivity index (χ0) is 37.0. The fourth-order valence-corrected chi connectivity index (χ4v) is 6.72. The number of amides is 1. The number of unbranched alkanes of at least 4 members (excludes halogenated alkanes) is 22. The molecule has 9 nitrogen and oxygen atoms in total.